The Morgan fingerprint density at radius 3 is 2.80 bits per heavy atom. The van der Waals surface area contributed by atoms with E-state index in [-0.39, 0.29) is 6.61 Å². The first-order chi connectivity index (χ1) is 7.24. The predicted octanol–water partition coefficient (Wildman–Crippen LogP) is 1.28. The Labute approximate surface area is 86.6 Å². The summed E-state index contributed by atoms with van der Waals surface area (Å²) in [6.07, 6.45) is -0.554. The normalized spacial score (nSPS) is 14.0. The van der Waals surface area contributed by atoms with E-state index in [0.717, 1.165) is 10.2 Å². The number of para-hydroxylation sites is 2. The van der Waals surface area contributed by atoms with Crippen molar-refractivity contribution in [1.29, 1.82) is 0 Å². The molecule has 1 aromatic carbocycles. The molecule has 0 fully saturated rings. The van der Waals surface area contributed by atoms with Crippen LogP contribution in [-0.2, 0) is 4.74 Å². The summed E-state index contributed by atoms with van der Waals surface area (Å²) in [5, 5.41) is 11.3. The monoisotopic (exact) mass is 209 g/mol. The van der Waals surface area contributed by atoms with Crippen LogP contribution in [0.25, 0.3) is 0 Å². The molecule has 80 valence electrons. The number of fused-ring (bicyclic) bond motifs is 1. The molecule has 1 heterocycles. The number of benzene rings is 1. The highest BCUT2D eigenvalue weighted by Crippen LogP contribution is 2.31. The van der Waals surface area contributed by atoms with Crippen LogP contribution in [-0.4, -0.2) is 17.9 Å². The second-order valence-corrected chi connectivity index (χ2v) is 2.93. The highest BCUT2D eigenvalue weighted by molar-refractivity contribution is 5.93. The largest absolute Gasteiger partial charge is 0.448 e. The van der Waals surface area contributed by atoms with Gasteiger partial charge in [-0.05, 0) is 19.1 Å². The third-order valence-electron chi connectivity index (χ3n) is 2.00. The van der Waals surface area contributed by atoms with Gasteiger partial charge in [0.25, 0.3) is 0 Å². The molecular weight excluding hydrogens is 198 g/mol. The number of hydrazine groups is 2. The summed E-state index contributed by atoms with van der Waals surface area (Å²) in [5.74, 6) is 0. The van der Waals surface area contributed by atoms with Crippen LogP contribution < -0.4 is 15.7 Å². The average Bonchev–Trinajstić information content (AvgIpc) is 2.58. The van der Waals surface area contributed by atoms with Crippen molar-refractivity contribution in [3.05, 3.63) is 24.3 Å². The lowest BCUT2D eigenvalue weighted by molar-refractivity contribution is 0.149. The van der Waals surface area contributed by atoms with Gasteiger partial charge in [0.15, 0.2) is 0 Å². The molecule has 0 saturated carbocycles. The molecule has 6 nitrogen and oxygen atoms in total. The predicted molar refractivity (Wildman–Crippen MR) is 53.3 cm³/mol. The Balaban J connectivity index is 2.28. The van der Waals surface area contributed by atoms with E-state index in [9.17, 15) is 10.0 Å². The van der Waals surface area contributed by atoms with Gasteiger partial charge in [-0.3, -0.25) is 5.21 Å². The van der Waals surface area contributed by atoms with Crippen LogP contribution >= 0.6 is 0 Å². The number of ether oxygens (including phenoxy) is 1. The Morgan fingerprint density at radius 2 is 2.13 bits per heavy atom. The minimum absolute atomic E-state index is 0.282. The van der Waals surface area contributed by atoms with Gasteiger partial charge >= 0.3 is 6.09 Å². The highest BCUT2D eigenvalue weighted by Gasteiger charge is 2.29. The van der Waals surface area contributed by atoms with Gasteiger partial charge in [-0.2, -0.15) is 10.2 Å². The van der Waals surface area contributed by atoms with E-state index in [1.54, 1.807) is 31.2 Å². The number of hydrogen-bond acceptors (Lipinski definition) is 5. The maximum absolute atomic E-state index is 11.5. The molecule has 0 aliphatic carbocycles. The van der Waals surface area contributed by atoms with E-state index in [2.05, 4.69) is 5.53 Å². The minimum Gasteiger partial charge on any atom is -0.448 e. The molecule has 0 atom stereocenters. The van der Waals surface area contributed by atoms with Crippen LogP contribution in [0.1, 0.15) is 6.92 Å². The van der Waals surface area contributed by atoms with Crippen LogP contribution in [0, 0.1) is 0 Å². The van der Waals surface area contributed by atoms with Gasteiger partial charge in [0.05, 0.1) is 12.3 Å². The summed E-state index contributed by atoms with van der Waals surface area (Å²) in [5.41, 5.74) is 3.51. The molecule has 1 amide bonds. The van der Waals surface area contributed by atoms with Crippen LogP contribution in [0.3, 0.4) is 0 Å². The molecule has 6 heteroatoms. The lowest BCUT2D eigenvalue weighted by atomic mass is 10.3. The number of carbonyl (C=O) groups excluding carboxylic acids is 1. The maximum Gasteiger partial charge on any atom is 0.430 e. The summed E-state index contributed by atoms with van der Waals surface area (Å²) >= 11 is 0. The van der Waals surface area contributed by atoms with Crippen molar-refractivity contribution >= 4 is 17.5 Å². The van der Waals surface area contributed by atoms with Crippen LogP contribution in [0.2, 0.25) is 0 Å². The Kier molecular flexibility index (Phi) is 2.44. The summed E-state index contributed by atoms with van der Waals surface area (Å²) < 4.78 is 4.82. The number of nitrogens with one attached hydrogen (secondary N) is 1. The van der Waals surface area contributed by atoms with Crippen LogP contribution in [0.5, 0.6) is 0 Å². The molecular formula is C9H11N3O3. The lowest BCUT2D eigenvalue weighted by Gasteiger charge is -2.15. The van der Waals surface area contributed by atoms with E-state index >= 15 is 0 Å². The van der Waals surface area contributed by atoms with Crippen LogP contribution in [0.4, 0.5) is 16.2 Å². The van der Waals surface area contributed by atoms with Crippen molar-refractivity contribution < 1.29 is 14.7 Å². The molecule has 15 heavy (non-hydrogen) atoms. The zero-order valence-electron chi connectivity index (χ0n) is 8.17. The molecule has 1 aliphatic heterocycles. The molecule has 0 bridgehead atoms. The number of nitrogens with zero attached hydrogens (tertiary/aromatic N) is 2. The Morgan fingerprint density at radius 1 is 1.47 bits per heavy atom. The maximum atomic E-state index is 11.5. The van der Waals surface area contributed by atoms with E-state index < -0.39 is 6.09 Å². The van der Waals surface area contributed by atoms with Gasteiger partial charge < -0.3 is 4.74 Å². The summed E-state index contributed by atoms with van der Waals surface area (Å²) in [7, 11) is 0. The van der Waals surface area contributed by atoms with Crippen LogP contribution in [0.15, 0.2) is 24.3 Å². The van der Waals surface area contributed by atoms with Gasteiger partial charge in [-0.1, -0.05) is 12.1 Å². The first-order valence-corrected chi connectivity index (χ1v) is 4.55. The Bertz CT molecular complexity index is 383. The summed E-state index contributed by atoms with van der Waals surface area (Å²) in [6, 6.07) is 6.92. The average molecular weight is 209 g/mol. The second kappa shape index (κ2) is 3.76. The number of anilines is 2. The van der Waals surface area contributed by atoms with Gasteiger partial charge in [-0.15, -0.1) is 5.53 Å². The molecule has 1 aromatic rings. The lowest BCUT2D eigenvalue weighted by Crippen LogP contribution is -2.46. The summed E-state index contributed by atoms with van der Waals surface area (Å²) in [4.78, 5) is 11.5. The fourth-order valence-corrected chi connectivity index (χ4v) is 1.36. The van der Waals surface area contributed by atoms with Crippen molar-refractivity contribution in [1.82, 2.24) is 5.53 Å². The van der Waals surface area contributed by atoms with Crippen molar-refractivity contribution in [3.63, 3.8) is 0 Å². The third-order valence-corrected chi connectivity index (χ3v) is 2.00. The zero-order valence-corrected chi connectivity index (χ0v) is 8.17. The van der Waals surface area contributed by atoms with E-state index in [4.69, 9.17) is 4.74 Å². The fourth-order valence-electron chi connectivity index (χ4n) is 1.36. The fraction of sp³-hybridized carbons (Fsp3) is 0.222. The SMILES string of the molecule is CCOC(=O)N1NN(O)c2ccccc21. The number of hydrogen-bond donors (Lipinski definition) is 2. The zero-order chi connectivity index (χ0) is 10.8. The molecule has 2 N–H and O–H groups in total. The molecule has 0 aromatic heterocycles. The molecule has 1 aliphatic rings. The van der Waals surface area contributed by atoms with Gasteiger partial charge in [0.2, 0.25) is 0 Å². The van der Waals surface area contributed by atoms with Gasteiger partial charge in [0.1, 0.15) is 5.69 Å². The number of amides is 1. The quantitative estimate of drug-likeness (QED) is 0.729. The third kappa shape index (κ3) is 1.60. The highest BCUT2D eigenvalue weighted by atomic mass is 16.6. The van der Waals surface area contributed by atoms with Crippen molar-refractivity contribution in [2.75, 3.05) is 16.8 Å². The molecule has 0 unspecified atom stereocenters. The first kappa shape index (κ1) is 9.75. The number of carbonyl (C=O) groups is 1. The van der Waals surface area contributed by atoms with Gasteiger partial charge in [-0.25, -0.2) is 4.79 Å². The van der Waals surface area contributed by atoms with E-state index in [1.807, 2.05) is 0 Å². The number of rotatable bonds is 1. The van der Waals surface area contributed by atoms with Gasteiger partial charge in [0, 0.05) is 0 Å². The first-order valence-electron chi connectivity index (χ1n) is 4.55. The molecule has 2 rings (SSSR count). The minimum atomic E-state index is -0.554. The molecule has 0 spiro atoms. The molecule has 0 saturated heterocycles. The van der Waals surface area contributed by atoms with Crippen molar-refractivity contribution in [2.24, 2.45) is 0 Å². The summed E-state index contributed by atoms with van der Waals surface area (Å²) in [6.45, 7) is 2.00. The second-order valence-electron chi connectivity index (χ2n) is 2.93. The standard InChI is InChI=1S/C9H11N3O3/c1-2-15-9(13)11-7-5-3-4-6-8(7)12(14)10-11/h3-6,10,14H,2H2,1H3. The van der Waals surface area contributed by atoms with E-state index in [1.165, 1.54) is 0 Å². The topological polar surface area (TPSA) is 65.0 Å². The Hall–Kier alpha value is -1.79. The van der Waals surface area contributed by atoms with Crippen molar-refractivity contribution in [3.8, 4) is 0 Å². The molecule has 0 radical (unpaired) electrons. The van der Waals surface area contributed by atoms with E-state index in [0.29, 0.717) is 11.4 Å². The van der Waals surface area contributed by atoms with Crippen molar-refractivity contribution in [2.45, 2.75) is 6.92 Å². The smallest absolute Gasteiger partial charge is 0.430 e.